The molecule has 4 rings (SSSR count). The predicted octanol–water partition coefficient (Wildman–Crippen LogP) is 5.83. The summed E-state index contributed by atoms with van der Waals surface area (Å²) in [5.74, 6) is 0.814. The highest BCUT2D eigenvalue weighted by Gasteiger charge is 2.12. The molecule has 0 fully saturated rings. The highest BCUT2D eigenvalue weighted by Crippen LogP contribution is 2.26. The van der Waals surface area contributed by atoms with Gasteiger partial charge in [-0.05, 0) is 41.3 Å². The highest BCUT2D eigenvalue weighted by atomic mass is 16.6. The Balaban J connectivity index is 1.45. The van der Waals surface area contributed by atoms with Gasteiger partial charge in [-0.2, -0.15) is 0 Å². The quantitative estimate of drug-likeness (QED) is 0.318. The molecule has 1 heterocycles. The number of hydrogen-bond donors (Lipinski definition) is 0. The maximum atomic E-state index is 12.8. The second-order valence-electron chi connectivity index (χ2n) is 7.95. The number of carbonyl (C=O) groups is 1. The SMILES string of the molecule is CC(C)COC(=O)COc1ccc2c(=O)c(Oc3ccc(-c4ccccc4)cc3)coc2c1. The molecule has 0 aliphatic heterocycles. The van der Waals surface area contributed by atoms with Gasteiger partial charge >= 0.3 is 5.97 Å². The van der Waals surface area contributed by atoms with Crippen LogP contribution in [0, 0.1) is 5.92 Å². The molecule has 0 saturated heterocycles. The van der Waals surface area contributed by atoms with Crippen molar-refractivity contribution in [1.29, 1.82) is 0 Å². The molecule has 6 heteroatoms. The molecule has 0 atom stereocenters. The zero-order valence-corrected chi connectivity index (χ0v) is 18.4. The average molecular weight is 444 g/mol. The largest absolute Gasteiger partial charge is 0.482 e. The number of fused-ring (bicyclic) bond motifs is 1. The monoisotopic (exact) mass is 444 g/mol. The number of ether oxygens (including phenoxy) is 3. The predicted molar refractivity (Wildman–Crippen MR) is 126 cm³/mol. The Morgan fingerprint density at radius 2 is 1.61 bits per heavy atom. The lowest BCUT2D eigenvalue weighted by molar-refractivity contribution is -0.147. The molecule has 0 unspecified atom stereocenters. The maximum absolute atomic E-state index is 12.8. The van der Waals surface area contributed by atoms with Crippen LogP contribution >= 0.6 is 0 Å². The Hall–Kier alpha value is -4.06. The number of rotatable bonds is 8. The summed E-state index contributed by atoms with van der Waals surface area (Å²) in [6.07, 6.45) is 1.27. The highest BCUT2D eigenvalue weighted by molar-refractivity contribution is 5.79. The first kappa shape index (κ1) is 22.1. The molecule has 0 aliphatic rings. The van der Waals surface area contributed by atoms with Gasteiger partial charge in [-0.15, -0.1) is 0 Å². The summed E-state index contributed by atoms with van der Waals surface area (Å²) in [5.41, 5.74) is 2.18. The van der Waals surface area contributed by atoms with E-state index in [4.69, 9.17) is 18.6 Å². The average Bonchev–Trinajstić information content (AvgIpc) is 2.84. The van der Waals surface area contributed by atoms with Crippen molar-refractivity contribution in [3.8, 4) is 28.4 Å². The molecule has 168 valence electrons. The van der Waals surface area contributed by atoms with Crippen molar-refractivity contribution in [3.63, 3.8) is 0 Å². The van der Waals surface area contributed by atoms with Crippen LogP contribution in [0.15, 0.2) is 88.3 Å². The van der Waals surface area contributed by atoms with Gasteiger partial charge < -0.3 is 18.6 Å². The van der Waals surface area contributed by atoms with Crippen LogP contribution in [0.1, 0.15) is 13.8 Å². The third-order valence-electron chi connectivity index (χ3n) is 4.84. The first-order valence-electron chi connectivity index (χ1n) is 10.7. The summed E-state index contributed by atoms with van der Waals surface area (Å²) in [6, 6.07) is 22.2. The Labute approximate surface area is 191 Å². The fourth-order valence-corrected chi connectivity index (χ4v) is 3.17. The van der Waals surface area contributed by atoms with Crippen LogP contribution in [0.4, 0.5) is 0 Å². The van der Waals surface area contributed by atoms with Gasteiger partial charge in [-0.3, -0.25) is 4.79 Å². The van der Waals surface area contributed by atoms with Crippen LogP contribution in [-0.2, 0) is 9.53 Å². The Kier molecular flexibility index (Phi) is 6.74. The fourth-order valence-electron chi connectivity index (χ4n) is 3.17. The molecule has 0 aliphatic carbocycles. The summed E-state index contributed by atoms with van der Waals surface area (Å²) >= 11 is 0. The molecule has 33 heavy (non-hydrogen) atoms. The molecule has 0 N–H and O–H groups in total. The Bertz CT molecular complexity index is 1290. The van der Waals surface area contributed by atoms with Crippen molar-refractivity contribution in [1.82, 2.24) is 0 Å². The lowest BCUT2D eigenvalue weighted by Crippen LogP contribution is -2.17. The molecule has 4 aromatic rings. The van der Waals surface area contributed by atoms with E-state index in [0.717, 1.165) is 11.1 Å². The smallest absolute Gasteiger partial charge is 0.344 e. The van der Waals surface area contributed by atoms with E-state index in [-0.39, 0.29) is 23.7 Å². The lowest BCUT2D eigenvalue weighted by Gasteiger charge is -2.09. The molecule has 6 nitrogen and oxygen atoms in total. The molecule has 0 bridgehead atoms. The van der Waals surface area contributed by atoms with Gasteiger partial charge in [-0.1, -0.05) is 56.3 Å². The van der Waals surface area contributed by atoms with E-state index in [1.807, 2.05) is 56.3 Å². The summed E-state index contributed by atoms with van der Waals surface area (Å²) in [4.78, 5) is 24.6. The fraction of sp³-hybridized carbons (Fsp3) is 0.185. The minimum atomic E-state index is -0.452. The molecule has 3 aromatic carbocycles. The van der Waals surface area contributed by atoms with Crippen molar-refractivity contribution < 1.29 is 23.4 Å². The van der Waals surface area contributed by atoms with E-state index in [1.54, 1.807) is 30.3 Å². The van der Waals surface area contributed by atoms with Gasteiger partial charge in [0.15, 0.2) is 6.61 Å². The van der Waals surface area contributed by atoms with Crippen LogP contribution < -0.4 is 14.9 Å². The molecule has 0 amide bonds. The second kappa shape index (κ2) is 10.0. The van der Waals surface area contributed by atoms with Crippen LogP contribution in [0.25, 0.3) is 22.1 Å². The first-order chi connectivity index (χ1) is 16.0. The number of hydrogen-bond acceptors (Lipinski definition) is 6. The van der Waals surface area contributed by atoms with E-state index in [0.29, 0.717) is 29.1 Å². The Morgan fingerprint density at radius 1 is 0.909 bits per heavy atom. The lowest BCUT2D eigenvalue weighted by atomic mass is 10.1. The van der Waals surface area contributed by atoms with Crippen LogP contribution in [-0.4, -0.2) is 19.2 Å². The number of benzene rings is 3. The van der Waals surface area contributed by atoms with Gasteiger partial charge in [0, 0.05) is 6.07 Å². The summed E-state index contributed by atoms with van der Waals surface area (Å²) in [5, 5.41) is 0.350. The third-order valence-corrected chi connectivity index (χ3v) is 4.84. The van der Waals surface area contributed by atoms with Crippen LogP contribution in [0.5, 0.6) is 17.2 Å². The van der Waals surface area contributed by atoms with E-state index < -0.39 is 5.97 Å². The van der Waals surface area contributed by atoms with Crippen LogP contribution in [0.2, 0.25) is 0 Å². The van der Waals surface area contributed by atoms with Crippen molar-refractivity contribution in [2.45, 2.75) is 13.8 Å². The molecule has 0 saturated carbocycles. The first-order valence-corrected chi connectivity index (χ1v) is 10.7. The molecular weight excluding hydrogens is 420 g/mol. The van der Waals surface area contributed by atoms with Gasteiger partial charge in [0.25, 0.3) is 0 Å². The number of esters is 1. The van der Waals surface area contributed by atoms with E-state index in [2.05, 4.69) is 0 Å². The van der Waals surface area contributed by atoms with Crippen molar-refractivity contribution >= 4 is 16.9 Å². The summed E-state index contributed by atoms with van der Waals surface area (Å²) in [6.45, 7) is 4.03. The zero-order valence-electron chi connectivity index (χ0n) is 18.4. The minimum absolute atomic E-state index is 0.0842. The topological polar surface area (TPSA) is 75.0 Å². The standard InChI is InChI=1S/C27H24O6/c1-18(2)15-32-26(28)17-30-22-12-13-23-24(14-22)31-16-25(27(23)29)33-21-10-8-20(9-11-21)19-6-4-3-5-7-19/h3-14,16,18H,15,17H2,1-2H3. The third kappa shape index (κ3) is 5.60. The van der Waals surface area contributed by atoms with Gasteiger partial charge in [-0.25, -0.2) is 4.79 Å². The summed E-state index contributed by atoms with van der Waals surface area (Å²) in [7, 11) is 0. The van der Waals surface area contributed by atoms with Crippen molar-refractivity contribution in [2.75, 3.05) is 13.2 Å². The van der Waals surface area contributed by atoms with Crippen molar-refractivity contribution in [2.24, 2.45) is 5.92 Å². The van der Waals surface area contributed by atoms with Crippen molar-refractivity contribution in [3.05, 3.63) is 89.3 Å². The molecular formula is C27H24O6. The zero-order chi connectivity index (χ0) is 23.2. The minimum Gasteiger partial charge on any atom is -0.482 e. The molecule has 0 spiro atoms. The van der Waals surface area contributed by atoms with E-state index >= 15 is 0 Å². The van der Waals surface area contributed by atoms with E-state index in [9.17, 15) is 9.59 Å². The molecule has 1 aromatic heterocycles. The van der Waals surface area contributed by atoms with E-state index in [1.165, 1.54) is 6.26 Å². The van der Waals surface area contributed by atoms with Gasteiger partial charge in [0.2, 0.25) is 11.2 Å². The maximum Gasteiger partial charge on any atom is 0.344 e. The van der Waals surface area contributed by atoms with Gasteiger partial charge in [0.1, 0.15) is 23.3 Å². The molecule has 0 radical (unpaired) electrons. The summed E-state index contributed by atoms with van der Waals surface area (Å²) < 4.78 is 21.9. The van der Waals surface area contributed by atoms with Crippen LogP contribution in [0.3, 0.4) is 0 Å². The number of carbonyl (C=O) groups excluding carboxylic acids is 1. The second-order valence-corrected chi connectivity index (χ2v) is 7.95. The Morgan fingerprint density at radius 3 is 2.33 bits per heavy atom. The van der Waals surface area contributed by atoms with Gasteiger partial charge in [0.05, 0.1) is 12.0 Å². The normalized spacial score (nSPS) is 10.9.